The summed E-state index contributed by atoms with van der Waals surface area (Å²) in [6.07, 6.45) is 1.01. The molecule has 0 bridgehead atoms. The third-order valence-electron chi connectivity index (χ3n) is 3.99. The highest BCUT2D eigenvalue weighted by Gasteiger charge is 2.06. The lowest BCUT2D eigenvalue weighted by atomic mass is 10.1. The minimum absolute atomic E-state index is 0.0815. The number of nitrogens with one attached hydrogen (secondary N) is 2. The maximum atomic E-state index is 12.2. The van der Waals surface area contributed by atoms with Gasteiger partial charge in [0.1, 0.15) is 5.75 Å². The van der Waals surface area contributed by atoms with Crippen LogP contribution in [0.15, 0.2) is 42.5 Å². The fourth-order valence-electron chi connectivity index (χ4n) is 2.54. The quantitative estimate of drug-likeness (QED) is 0.727. The van der Waals surface area contributed by atoms with Crippen LogP contribution in [0.25, 0.3) is 0 Å². The van der Waals surface area contributed by atoms with E-state index in [0.29, 0.717) is 12.5 Å². The van der Waals surface area contributed by atoms with Crippen molar-refractivity contribution in [2.45, 2.75) is 34.1 Å². The van der Waals surface area contributed by atoms with Crippen LogP contribution < -0.4 is 15.4 Å². The van der Waals surface area contributed by atoms with E-state index in [1.807, 2.05) is 56.3 Å². The van der Waals surface area contributed by atoms with E-state index >= 15 is 0 Å². The smallest absolute Gasteiger partial charge is 0.243 e. The molecule has 0 heterocycles. The Morgan fingerprint density at radius 3 is 2.44 bits per heavy atom. The second kappa shape index (κ2) is 9.11. The normalized spacial score (nSPS) is 10.6. The van der Waals surface area contributed by atoms with Crippen molar-refractivity contribution in [3.63, 3.8) is 0 Å². The van der Waals surface area contributed by atoms with Gasteiger partial charge in [0.2, 0.25) is 5.91 Å². The Morgan fingerprint density at radius 1 is 1.08 bits per heavy atom. The summed E-state index contributed by atoms with van der Waals surface area (Å²) in [6.45, 7) is 9.32. The van der Waals surface area contributed by atoms with Gasteiger partial charge >= 0.3 is 0 Å². The van der Waals surface area contributed by atoms with E-state index in [2.05, 4.69) is 24.5 Å². The molecule has 0 saturated carbocycles. The zero-order valence-corrected chi connectivity index (χ0v) is 15.6. The van der Waals surface area contributed by atoms with E-state index in [1.54, 1.807) is 0 Å². The topological polar surface area (TPSA) is 50.4 Å². The van der Waals surface area contributed by atoms with Crippen LogP contribution in [0.1, 0.15) is 31.4 Å². The molecule has 0 unspecified atom stereocenters. The van der Waals surface area contributed by atoms with Gasteiger partial charge in [0.05, 0.1) is 13.2 Å². The Morgan fingerprint density at radius 2 is 1.76 bits per heavy atom. The summed E-state index contributed by atoms with van der Waals surface area (Å²) in [5.74, 6) is 1.31. The average Bonchev–Trinajstić information content (AvgIpc) is 2.54. The van der Waals surface area contributed by atoms with Crippen molar-refractivity contribution in [1.29, 1.82) is 0 Å². The van der Waals surface area contributed by atoms with Gasteiger partial charge in [-0.1, -0.05) is 38.1 Å². The van der Waals surface area contributed by atoms with Crippen LogP contribution in [-0.2, 0) is 4.79 Å². The summed E-state index contributed by atoms with van der Waals surface area (Å²) in [5, 5.41) is 6.13. The Balaban J connectivity index is 1.88. The molecule has 0 aromatic heterocycles. The molecular weight excluding hydrogens is 312 g/mol. The van der Waals surface area contributed by atoms with Crippen molar-refractivity contribution in [3.8, 4) is 5.75 Å². The molecule has 0 atom stereocenters. The number of rotatable bonds is 8. The predicted octanol–water partition coefficient (Wildman–Crippen LogP) is 4.78. The third kappa shape index (κ3) is 6.14. The van der Waals surface area contributed by atoms with Gasteiger partial charge in [0.25, 0.3) is 0 Å². The number of ether oxygens (including phenoxy) is 1. The van der Waals surface area contributed by atoms with Crippen molar-refractivity contribution < 1.29 is 9.53 Å². The van der Waals surface area contributed by atoms with Crippen LogP contribution >= 0.6 is 0 Å². The fraction of sp³-hybridized carbons (Fsp3) is 0.381. The number of para-hydroxylation sites is 1. The van der Waals surface area contributed by atoms with Crippen LogP contribution in [0.5, 0.6) is 5.75 Å². The molecule has 1 amide bonds. The number of hydrogen-bond acceptors (Lipinski definition) is 3. The highest BCUT2D eigenvalue weighted by Crippen LogP contribution is 2.20. The number of carbonyl (C=O) groups excluding carboxylic acids is 1. The molecule has 2 rings (SSSR count). The summed E-state index contributed by atoms with van der Waals surface area (Å²) >= 11 is 0. The number of hydrogen-bond donors (Lipinski definition) is 2. The van der Waals surface area contributed by atoms with Gasteiger partial charge in [-0.05, 0) is 49.4 Å². The van der Waals surface area contributed by atoms with Gasteiger partial charge in [-0.2, -0.15) is 0 Å². The molecule has 0 spiro atoms. The largest absolute Gasteiger partial charge is 0.494 e. The molecule has 4 heteroatoms. The zero-order chi connectivity index (χ0) is 18.2. The van der Waals surface area contributed by atoms with Gasteiger partial charge in [-0.3, -0.25) is 4.79 Å². The lowest BCUT2D eigenvalue weighted by Crippen LogP contribution is -2.22. The fourth-order valence-corrected chi connectivity index (χ4v) is 2.54. The minimum Gasteiger partial charge on any atom is -0.494 e. The standard InChI is InChI=1S/C21H28N2O2/c1-15(2)11-12-25-19-10-6-9-18(13-19)23-20(24)14-22-21-16(3)7-5-8-17(21)4/h5-10,13,15,22H,11-12,14H2,1-4H3,(H,23,24). The van der Waals surface area contributed by atoms with Crippen LogP contribution in [0.4, 0.5) is 11.4 Å². The Kier molecular flexibility index (Phi) is 6.87. The Labute approximate surface area is 150 Å². The van der Waals surface area contributed by atoms with Crippen molar-refractivity contribution in [2.75, 3.05) is 23.8 Å². The first-order valence-electron chi connectivity index (χ1n) is 8.78. The molecule has 0 aliphatic heterocycles. The summed E-state index contributed by atoms with van der Waals surface area (Å²) in [7, 11) is 0. The summed E-state index contributed by atoms with van der Waals surface area (Å²) in [6, 6.07) is 13.6. The number of carbonyl (C=O) groups is 1. The van der Waals surface area contributed by atoms with Crippen LogP contribution in [0.2, 0.25) is 0 Å². The molecule has 134 valence electrons. The van der Waals surface area contributed by atoms with Crippen molar-refractivity contribution in [1.82, 2.24) is 0 Å². The van der Waals surface area contributed by atoms with Crippen LogP contribution in [-0.4, -0.2) is 19.1 Å². The molecule has 2 aromatic carbocycles. The van der Waals surface area contributed by atoms with E-state index in [-0.39, 0.29) is 12.5 Å². The zero-order valence-electron chi connectivity index (χ0n) is 15.6. The molecular formula is C21H28N2O2. The first-order chi connectivity index (χ1) is 12.0. The van der Waals surface area contributed by atoms with Gasteiger partial charge in [0, 0.05) is 17.4 Å². The van der Waals surface area contributed by atoms with Crippen molar-refractivity contribution in [2.24, 2.45) is 5.92 Å². The number of aryl methyl sites for hydroxylation is 2. The molecule has 0 fully saturated rings. The van der Waals surface area contributed by atoms with Gasteiger partial charge in [0.15, 0.2) is 0 Å². The summed E-state index contributed by atoms with van der Waals surface area (Å²) in [4.78, 5) is 12.2. The molecule has 0 aliphatic carbocycles. The molecule has 0 radical (unpaired) electrons. The lowest BCUT2D eigenvalue weighted by Gasteiger charge is -2.13. The van der Waals surface area contributed by atoms with E-state index in [0.717, 1.165) is 34.7 Å². The average molecular weight is 340 g/mol. The van der Waals surface area contributed by atoms with E-state index in [4.69, 9.17) is 4.74 Å². The predicted molar refractivity (Wildman–Crippen MR) is 104 cm³/mol. The monoisotopic (exact) mass is 340 g/mol. The van der Waals surface area contributed by atoms with E-state index in [1.165, 1.54) is 0 Å². The Hall–Kier alpha value is -2.49. The first kappa shape index (κ1) is 18.8. The van der Waals surface area contributed by atoms with E-state index in [9.17, 15) is 4.79 Å². The molecule has 0 aliphatic rings. The maximum absolute atomic E-state index is 12.2. The first-order valence-corrected chi connectivity index (χ1v) is 8.78. The SMILES string of the molecule is Cc1cccc(C)c1NCC(=O)Nc1cccc(OCCC(C)C)c1. The van der Waals surface area contributed by atoms with Gasteiger partial charge in [-0.15, -0.1) is 0 Å². The molecule has 25 heavy (non-hydrogen) atoms. The molecule has 4 nitrogen and oxygen atoms in total. The molecule has 2 N–H and O–H groups in total. The lowest BCUT2D eigenvalue weighted by molar-refractivity contribution is -0.114. The number of anilines is 2. The highest BCUT2D eigenvalue weighted by molar-refractivity contribution is 5.94. The summed E-state index contributed by atoms with van der Waals surface area (Å²) in [5.41, 5.74) is 4.03. The number of benzene rings is 2. The second-order valence-electron chi connectivity index (χ2n) is 6.73. The van der Waals surface area contributed by atoms with E-state index < -0.39 is 0 Å². The van der Waals surface area contributed by atoms with Crippen molar-refractivity contribution >= 4 is 17.3 Å². The maximum Gasteiger partial charge on any atom is 0.243 e. The third-order valence-corrected chi connectivity index (χ3v) is 3.99. The van der Waals surface area contributed by atoms with Crippen LogP contribution in [0.3, 0.4) is 0 Å². The number of amides is 1. The molecule has 0 saturated heterocycles. The highest BCUT2D eigenvalue weighted by atomic mass is 16.5. The van der Waals surface area contributed by atoms with Crippen LogP contribution in [0, 0.1) is 19.8 Å². The second-order valence-corrected chi connectivity index (χ2v) is 6.73. The van der Waals surface area contributed by atoms with Crippen molar-refractivity contribution in [3.05, 3.63) is 53.6 Å². The Bertz CT molecular complexity index is 691. The minimum atomic E-state index is -0.0815. The van der Waals surface area contributed by atoms with Gasteiger partial charge < -0.3 is 15.4 Å². The summed E-state index contributed by atoms with van der Waals surface area (Å²) < 4.78 is 5.73. The molecule has 2 aromatic rings. The van der Waals surface area contributed by atoms with Gasteiger partial charge in [-0.25, -0.2) is 0 Å².